The molecule has 1 aliphatic rings. The largest absolute Gasteiger partial charge is 0.399 e. The maximum absolute atomic E-state index is 12.1. The Labute approximate surface area is 126 Å². The zero-order valence-corrected chi connectivity index (χ0v) is 12.8. The lowest BCUT2D eigenvalue weighted by atomic mass is 9.92. The number of nitrogen functional groups attached to an aromatic ring is 1. The van der Waals surface area contributed by atoms with Gasteiger partial charge in [-0.05, 0) is 69.5 Å². The summed E-state index contributed by atoms with van der Waals surface area (Å²) in [6, 6.07) is 5.47. The van der Waals surface area contributed by atoms with E-state index in [1.165, 1.54) is 0 Å². The summed E-state index contributed by atoms with van der Waals surface area (Å²) in [7, 11) is 0. The Morgan fingerprint density at radius 3 is 2.71 bits per heavy atom. The SMILES string of the molecule is Cc1cc(N)ccc1NC(=O)CN1CCC(C(C)O)CC1. The second-order valence-electron chi connectivity index (χ2n) is 5.98. The Bertz CT molecular complexity index is 494. The van der Waals surface area contributed by atoms with Crippen molar-refractivity contribution >= 4 is 17.3 Å². The first-order valence-corrected chi connectivity index (χ1v) is 7.52. The molecule has 1 aromatic rings. The molecule has 0 saturated carbocycles. The van der Waals surface area contributed by atoms with Crippen LogP contribution in [0.5, 0.6) is 0 Å². The number of piperidine rings is 1. The molecular weight excluding hydrogens is 266 g/mol. The Kier molecular flexibility index (Phi) is 5.20. The molecule has 5 nitrogen and oxygen atoms in total. The van der Waals surface area contributed by atoms with Crippen molar-refractivity contribution in [3.8, 4) is 0 Å². The van der Waals surface area contributed by atoms with Crippen molar-refractivity contribution in [2.75, 3.05) is 30.7 Å². The van der Waals surface area contributed by atoms with E-state index in [1.54, 1.807) is 6.07 Å². The van der Waals surface area contributed by atoms with Crippen molar-refractivity contribution < 1.29 is 9.90 Å². The molecule has 0 aromatic heterocycles. The van der Waals surface area contributed by atoms with E-state index in [1.807, 2.05) is 26.0 Å². The summed E-state index contributed by atoms with van der Waals surface area (Å²) < 4.78 is 0. The molecule has 1 unspecified atom stereocenters. The molecule has 4 N–H and O–H groups in total. The number of benzene rings is 1. The van der Waals surface area contributed by atoms with Crippen molar-refractivity contribution in [1.29, 1.82) is 0 Å². The smallest absolute Gasteiger partial charge is 0.238 e. The molecule has 1 aromatic carbocycles. The van der Waals surface area contributed by atoms with Crippen molar-refractivity contribution in [2.45, 2.75) is 32.8 Å². The van der Waals surface area contributed by atoms with Crippen molar-refractivity contribution in [1.82, 2.24) is 4.90 Å². The third-order valence-corrected chi connectivity index (χ3v) is 4.21. The zero-order chi connectivity index (χ0) is 15.4. The van der Waals surface area contributed by atoms with E-state index < -0.39 is 0 Å². The van der Waals surface area contributed by atoms with E-state index in [-0.39, 0.29) is 12.0 Å². The molecule has 21 heavy (non-hydrogen) atoms. The predicted octanol–water partition coefficient (Wildman–Crippen LogP) is 1.61. The van der Waals surface area contributed by atoms with Crippen LogP contribution in [0.4, 0.5) is 11.4 Å². The molecular formula is C16H25N3O2. The third kappa shape index (κ3) is 4.44. The molecule has 1 aliphatic heterocycles. The van der Waals surface area contributed by atoms with Crippen LogP contribution in [0.2, 0.25) is 0 Å². The van der Waals surface area contributed by atoms with Gasteiger partial charge in [0, 0.05) is 11.4 Å². The maximum Gasteiger partial charge on any atom is 0.238 e. The first kappa shape index (κ1) is 15.8. The van der Waals surface area contributed by atoms with Gasteiger partial charge in [-0.3, -0.25) is 9.69 Å². The van der Waals surface area contributed by atoms with Crippen LogP contribution in [0.15, 0.2) is 18.2 Å². The average Bonchev–Trinajstić information content (AvgIpc) is 2.42. The summed E-state index contributed by atoms with van der Waals surface area (Å²) in [4.78, 5) is 14.2. The molecule has 0 aliphatic carbocycles. The predicted molar refractivity (Wildman–Crippen MR) is 85.1 cm³/mol. The first-order chi connectivity index (χ1) is 9.95. The van der Waals surface area contributed by atoms with Gasteiger partial charge in [-0.15, -0.1) is 0 Å². The monoisotopic (exact) mass is 291 g/mol. The minimum absolute atomic E-state index is 0.00151. The van der Waals surface area contributed by atoms with Gasteiger partial charge in [-0.25, -0.2) is 0 Å². The Balaban J connectivity index is 1.83. The summed E-state index contributed by atoms with van der Waals surface area (Å²) in [5.41, 5.74) is 8.19. The summed E-state index contributed by atoms with van der Waals surface area (Å²) in [5.74, 6) is 0.363. The van der Waals surface area contributed by atoms with Crippen LogP contribution in [0.3, 0.4) is 0 Å². The summed E-state index contributed by atoms with van der Waals surface area (Å²) >= 11 is 0. The number of likely N-dealkylation sites (tertiary alicyclic amines) is 1. The topological polar surface area (TPSA) is 78.6 Å². The Morgan fingerprint density at radius 2 is 2.14 bits per heavy atom. The fourth-order valence-corrected chi connectivity index (χ4v) is 2.81. The van der Waals surface area contributed by atoms with E-state index >= 15 is 0 Å². The van der Waals surface area contributed by atoms with Gasteiger partial charge >= 0.3 is 0 Å². The number of carbonyl (C=O) groups excluding carboxylic acids is 1. The van der Waals surface area contributed by atoms with Gasteiger partial charge in [0.1, 0.15) is 0 Å². The number of amides is 1. The molecule has 2 rings (SSSR count). The number of carbonyl (C=O) groups is 1. The lowest BCUT2D eigenvalue weighted by Gasteiger charge is -2.32. The Hall–Kier alpha value is -1.59. The number of nitrogens with zero attached hydrogens (tertiary/aromatic N) is 1. The highest BCUT2D eigenvalue weighted by atomic mass is 16.3. The quantitative estimate of drug-likeness (QED) is 0.736. The molecule has 1 heterocycles. The van der Waals surface area contributed by atoms with Crippen LogP contribution < -0.4 is 11.1 Å². The van der Waals surface area contributed by atoms with Crippen molar-refractivity contribution in [2.24, 2.45) is 5.92 Å². The van der Waals surface area contributed by atoms with Gasteiger partial charge in [0.15, 0.2) is 0 Å². The fourth-order valence-electron chi connectivity index (χ4n) is 2.81. The number of hydrogen-bond acceptors (Lipinski definition) is 4. The number of aliphatic hydroxyl groups excluding tert-OH is 1. The number of aryl methyl sites for hydroxylation is 1. The van der Waals surface area contributed by atoms with Crippen LogP contribution in [-0.4, -0.2) is 41.7 Å². The van der Waals surface area contributed by atoms with Gasteiger partial charge < -0.3 is 16.2 Å². The molecule has 0 radical (unpaired) electrons. The lowest BCUT2D eigenvalue weighted by Crippen LogP contribution is -2.41. The van der Waals surface area contributed by atoms with Gasteiger partial charge in [0.05, 0.1) is 12.6 Å². The fraction of sp³-hybridized carbons (Fsp3) is 0.562. The average molecular weight is 291 g/mol. The zero-order valence-electron chi connectivity index (χ0n) is 12.8. The first-order valence-electron chi connectivity index (χ1n) is 7.52. The standard InChI is InChI=1S/C16H25N3O2/c1-11-9-14(17)3-4-15(11)18-16(21)10-19-7-5-13(6-8-19)12(2)20/h3-4,9,12-13,20H,5-8,10,17H2,1-2H3,(H,18,21). The normalized spacial score (nSPS) is 18.4. The van der Waals surface area contributed by atoms with Gasteiger partial charge in [-0.2, -0.15) is 0 Å². The molecule has 1 atom stereocenters. The Morgan fingerprint density at radius 1 is 1.48 bits per heavy atom. The number of hydrogen-bond donors (Lipinski definition) is 3. The number of nitrogens with two attached hydrogens (primary N) is 1. The van der Waals surface area contributed by atoms with Gasteiger partial charge in [0.2, 0.25) is 5.91 Å². The van der Waals surface area contributed by atoms with Crippen LogP contribution in [0.1, 0.15) is 25.3 Å². The minimum Gasteiger partial charge on any atom is -0.399 e. The summed E-state index contributed by atoms with van der Waals surface area (Å²) in [5, 5.41) is 12.5. The molecule has 1 fully saturated rings. The second kappa shape index (κ2) is 6.91. The molecule has 1 saturated heterocycles. The van der Waals surface area contributed by atoms with E-state index in [4.69, 9.17) is 5.73 Å². The number of nitrogens with one attached hydrogen (secondary N) is 1. The highest BCUT2D eigenvalue weighted by Gasteiger charge is 2.23. The molecule has 1 amide bonds. The second-order valence-corrected chi connectivity index (χ2v) is 5.98. The number of aliphatic hydroxyl groups is 1. The summed E-state index contributed by atoms with van der Waals surface area (Å²) in [6.07, 6.45) is 1.65. The molecule has 0 bridgehead atoms. The summed E-state index contributed by atoms with van der Waals surface area (Å²) in [6.45, 7) is 5.90. The molecule has 5 heteroatoms. The van der Waals surface area contributed by atoms with E-state index in [2.05, 4.69) is 10.2 Å². The van der Waals surface area contributed by atoms with Crippen LogP contribution in [0, 0.1) is 12.8 Å². The van der Waals surface area contributed by atoms with Crippen LogP contribution in [0.25, 0.3) is 0 Å². The lowest BCUT2D eigenvalue weighted by molar-refractivity contribution is -0.117. The van der Waals surface area contributed by atoms with Crippen LogP contribution in [-0.2, 0) is 4.79 Å². The van der Waals surface area contributed by atoms with E-state index in [9.17, 15) is 9.90 Å². The van der Waals surface area contributed by atoms with Crippen LogP contribution >= 0.6 is 0 Å². The molecule has 116 valence electrons. The maximum atomic E-state index is 12.1. The van der Waals surface area contributed by atoms with E-state index in [0.29, 0.717) is 18.2 Å². The minimum atomic E-state index is -0.251. The van der Waals surface area contributed by atoms with Gasteiger partial charge in [-0.1, -0.05) is 0 Å². The van der Waals surface area contributed by atoms with Crippen molar-refractivity contribution in [3.63, 3.8) is 0 Å². The highest BCUT2D eigenvalue weighted by Crippen LogP contribution is 2.21. The van der Waals surface area contributed by atoms with Gasteiger partial charge in [0.25, 0.3) is 0 Å². The number of rotatable bonds is 4. The highest BCUT2D eigenvalue weighted by molar-refractivity contribution is 5.93. The van der Waals surface area contributed by atoms with Crippen molar-refractivity contribution in [3.05, 3.63) is 23.8 Å². The van der Waals surface area contributed by atoms with E-state index in [0.717, 1.165) is 37.2 Å². The molecule has 0 spiro atoms. The third-order valence-electron chi connectivity index (χ3n) is 4.21. The number of anilines is 2.